The van der Waals surface area contributed by atoms with Gasteiger partial charge in [0.1, 0.15) is 0 Å². The van der Waals surface area contributed by atoms with Crippen LogP contribution in [0.15, 0.2) is 12.2 Å². The molecular weight excluding hydrogens is 164 g/mol. The van der Waals surface area contributed by atoms with Gasteiger partial charge in [-0.1, -0.05) is 12.2 Å². The SMILES string of the molecule is NC(=O)CCNC/C=C/CCl. The first-order valence-corrected chi connectivity index (χ1v) is 4.01. The first-order chi connectivity index (χ1) is 5.27. The Hall–Kier alpha value is -0.540. The zero-order valence-electron chi connectivity index (χ0n) is 6.35. The van der Waals surface area contributed by atoms with Crippen molar-refractivity contribution < 1.29 is 4.79 Å². The molecule has 3 N–H and O–H groups in total. The number of primary amides is 1. The van der Waals surface area contributed by atoms with E-state index in [0.29, 0.717) is 18.8 Å². The van der Waals surface area contributed by atoms with E-state index in [-0.39, 0.29) is 5.91 Å². The summed E-state index contributed by atoms with van der Waals surface area (Å²) in [6.07, 6.45) is 4.14. The van der Waals surface area contributed by atoms with E-state index in [2.05, 4.69) is 5.32 Å². The van der Waals surface area contributed by atoms with Gasteiger partial charge in [0.2, 0.25) is 5.91 Å². The highest BCUT2D eigenvalue weighted by atomic mass is 35.5. The van der Waals surface area contributed by atoms with Gasteiger partial charge in [0, 0.05) is 25.4 Å². The highest BCUT2D eigenvalue weighted by Crippen LogP contribution is 1.77. The number of halogens is 1. The van der Waals surface area contributed by atoms with Gasteiger partial charge >= 0.3 is 0 Å². The van der Waals surface area contributed by atoms with Crippen LogP contribution >= 0.6 is 11.6 Å². The number of hydrogen-bond acceptors (Lipinski definition) is 2. The summed E-state index contributed by atoms with van der Waals surface area (Å²) in [4.78, 5) is 10.2. The number of nitrogens with one attached hydrogen (secondary N) is 1. The fourth-order valence-corrected chi connectivity index (χ4v) is 0.669. The maximum atomic E-state index is 10.2. The standard InChI is InChI=1S/C7H13ClN2O/c8-4-1-2-5-10-6-3-7(9)11/h1-2,10H,3-6H2,(H2,9,11)/b2-1+. The fourth-order valence-electron chi connectivity index (χ4n) is 0.543. The Morgan fingerprint density at radius 3 is 2.82 bits per heavy atom. The van der Waals surface area contributed by atoms with E-state index >= 15 is 0 Å². The molecule has 64 valence electrons. The average Bonchev–Trinajstić information content (AvgIpc) is 1.96. The maximum Gasteiger partial charge on any atom is 0.218 e. The van der Waals surface area contributed by atoms with Crippen LogP contribution in [0.4, 0.5) is 0 Å². The largest absolute Gasteiger partial charge is 0.370 e. The summed E-state index contributed by atoms with van der Waals surface area (Å²) < 4.78 is 0. The molecule has 3 nitrogen and oxygen atoms in total. The molecule has 0 aliphatic heterocycles. The normalized spacial score (nSPS) is 10.6. The highest BCUT2D eigenvalue weighted by molar-refractivity contribution is 6.18. The van der Waals surface area contributed by atoms with E-state index < -0.39 is 0 Å². The number of carbonyl (C=O) groups is 1. The predicted molar refractivity (Wildman–Crippen MR) is 46.5 cm³/mol. The van der Waals surface area contributed by atoms with Gasteiger partial charge in [-0.05, 0) is 0 Å². The van der Waals surface area contributed by atoms with Crippen molar-refractivity contribution in [3.8, 4) is 0 Å². The third-order valence-corrected chi connectivity index (χ3v) is 1.24. The van der Waals surface area contributed by atoms with Crippen LogP contribution in [0.5, 0.6) is 0 Å². The summed E-state index contributed by atoms with van der Waals surface area (Å²) >= 11 is 5.38. The Balaban J connectivity index is 3.02. The lowest BCUT2D eigenvalue weighted by Gasteiger charge is -1.96. The molecule has 0 aliphatic carbocycles. The minimum atomic E-state index is -0.279. The maximum absolute atomic E-state index is 10.2. The molecule has 0 fully saturated rings. The molecule has 0 rings (SSSR count). The van der Waals surface area contributed by atoms with Gasteiger partial charge in [-0.2, -0.15) is 0 Å². The van der Waals surface area contributed by atoms with Crippen LogP contribution in [0.2, 0.25) is 0 Å². The average molecular weight is 177 g/mol. The van der Waals surface area contributed by atoms with Crippen molar-refractivity contribution in [2.75, 3.05) is 19.0 Å². The van der Waals surface area contributed by atoms with E-state index in [4.69, 9.17) is 17.3 Å². The third-order valence-electron chi connectivity index (χ3n) is 1.07. The summed E-state index contributed by atoms with van der Waals surface area (Å²) in [7, 11) is 0. The van der Waals surface area contributed by atoms with Crippen LogP contribution in [0.1, 0.15) is 6.42 Å². The molecular formula is C7H13ClN2O. The minimum absolute atomic E-state index is 0.279. The minimum Gasteiger partial charge on any atom is -0.370 e. The van der Waals surface area contributed by atoms with Crippen LogP contribution in [0.3, 0.4) is 0 Å². The molecule has 0 unspecified atom stereocenters. The first kappa shape index (κ1) is 10.5. The van der Waals surface area contributed by atoms with Gasteiger partial charge in [0.25, 0.3) is 0 Å². The molecule has 4 heteroatoms. The molecule has 0 aliphatic rings. The molecule has 0 bridgehead atoms. The molecule has 0 spiro atoms. The van der Waals surface area contributed by atoms with Crippen LogP contribution in [-0.4, -0.2) is 24.9 Å². The Labute approximate surface area is 71.6 Å². The molecule has 0 aromatic carbocycles. The van der Waals surface area contributed by atoms with Crippen molar-refractivity contribution in [2.24, 2.45) is 5.73 Å². The molecule has 0 aromatic heterocycles. The lowest BCUT2D eigenvalue weighted by Crippen LogP contribution is -2.21. The van der Waals surface area contributed by atoms with E-state index in [0.717, 1.165) is 6.54 Å². The lowest BCUT2D eigenvalue weighted by atomic mass is 10.4. The van der Waals surface area contributed by atoms with Gasteiger partial charge in [-0.15, -0.1) is 11.6 Å². The topological polar surface area (TPSA) is 55.1 Å². The summed E-state index contributed by atoms with van der Waals surface area (Å²) in [6, 6.07) is 0. The second kappa shape index (κ2) is 7.57. The molecule has 11 heavy (non-hydrogen) atoms. The number of allylic oxidation sites excluding steroid dienone is 1. The lowest BCUT2D eigenvalue weighted by molar-refractivity contribution is -0.117. The predicted octanol–water partition coefficient (Wildman–Crippen LogP) is 0.246. The van der Waals surface area contributed by atoms with Crippen molar-refractivity contribution in [2.45, 2.75) is 6.42 Å². The van der Waals surface area contributed by atoms with Crippen molar-refractivity contribution in [3.63, 3.8) is 0 Å². The zero-order chi connectivity index (χ0) is 8.53. The Kier molecular flexibility index (Phi) is 7.19. The quantitative estimate of drug-likeness (QED) is 0.346. The summed E-state index contributed by atoms with van der Waals surface area (Å²) in [6.45, 7) is 1.36. The number of carbonyl (C=O) groups excluding carboxylic acids is 1. The number of amides is 1. The Bertz CT molecular complexity index is 136. The van der Waals surface area contributed by atoms with Gasteiger partial charge < -0.3 is 11.1 Å². The summed E-state index contributed by atoms with van der Waals surface area (Å²) in [5.74, 6) is 0.246. The van der Waals surface area contributed by atoms with Gasteiger partial charge in [0.05, 0.1) is 0 Å². The number of nitrogens with two attached hydrogens (primary N) is 1. The van der Waals surface area contributed by atoms with Crippen LogP contribution in [-0.2, 0) is 4.79 Å². The smallest absolute Gasteiger partial charge is 0.218 e. The van der Waals surface area contributed by atoms with Crippen LogP contribution in [0.25, 0.3) is 0 Å². The van der Waals surface area contributed by atoms with E-state index in [1.54, 1.807) is 0 Å². The first-order valence-electron chi connectivity index (χ1n) is 3.47. The van der Waals surface area contributed by atoms with Crippen LogP contribution < -0.4 is 11.1 Å². The van der Waals surface area contributed by atoms with Gasteiger partial charge in [-0.3, -0.25) is 4.79 Å². The van der Waals surface area contributed by atoms with Crippen molar-refractivity contribution in [3.05, 3.63) is 12.2 Å². The van der Waals surface area contributed by atoms with Gasteiger partial charge in [0.15, 0.2) is 0 Å². The molecule has 0 saturated heterocycles. The molecule has 0 heterocycles. The Morgan fingerprint density at radius 2 is 2.27 bits per heavy atom. The van der Waals surface area contributed by atoms with E-state index in [1.165, 1.54) is 0 Å². The van der Waals surface area contributed by atoms with Crippen molar-refractivity contribution >= 4 is 17.5 Å². The molecule has 0 radical (unpaired) electrons. The summed E-state index contributed by atoms with van der Waals surface area (Å²) in [5.41, 5.74) is 4.92. The van der Waals surface area contributed by atoms with Crippen LogP contribution in [0, 0.1) is 0 Å². The van der Waals surface area contributed by atoms with E-state index in [9.17, 15) is 4.79 Å². The second-order valence-electron chi connectivity index (χ2n) is 2.05. The number of alkyl halides is 1. The summed E-state index contributed by atoms with van der Waals surface area (Å²) in [5, 5.41) is 3.01. The third kappa shape index (κ3) is 9.46. The second-order valence-corrected chi connectivity index (χ2v) is 2.35. The fraction of sp³-hybridized carbons (Fsp3) is 0.571. The van der Waals surface area contributed by atoms with Crippen molar-refractivity contribution in [1.82, 2.24) is 5.32 Å². The Morgan fingerprint density at radius 1 is 1.55 bits per heavy atom. The molecule has 1 amide bonds. The molecule has 0 aromatic rings. The monoisotopic (exact) mass is 176 g/mol. The number of hydrogen-bond donors (Lipinski definition) is 2. The molecule has 0 atom stereocenters. The zero-order valence-corrected chi connectivity index (χ0v) is 7.10. The van der Waals surface area contributed by atoms with Crippen molar-refractivity contribution in [1.29, 1.82) is 0 Å². The highest BCUT2D eigenvalue weighted by Gasteiger charge is 1.90. The van der Waals surface area contributed by atoms with Gasteiger partial charge in [-0.25, -0.2) is 0 Å². The number of rotatable bonds is 6. The van der Waals surface area contributed by atoms with E-state index in [1.807, 2.05) is 12.2 Å². The molecule has 0 saturated carbocycles.